The van der Waals surface area contributed by atoms with Crippen molar-refractivity contribution in [3.63, 3.8) is 0 Å². The van der Waals surface area contributed by atoms with Gasteiger partial charge in [0, 0.05) is 12.8 Å². The molecule has 0 amide bonds. The fraction of sp³-hybridized carbons (Fsp3) is 0.793. The Kier molecular flexibility index (Phi) is 24.8. The van der Waals surface area contributed by atoms with Gasteiger partial charge in [0.1, 0.15) is 6.61 Å². The van der Waals surface area contributed by atoms with Gasteiger partial charge in [-0.25, -0.2) is 0 Å². The summed E-state index contributed by atoms with van der Waals surface area (Å²) in [6, 6.07) is 0. The quantitative estimate of drug-likeness (QED) is 0.0874. The molecule has 0 bridgehead atoms. The molecule has 0 saturated carbocycles. The number of aliphatic hydroxyl groups excluding tert-OH is 1. The van der Waals surface area contributed by atoms with Crippen molar-refractivity contribution in [3.05, 3.63) is 24.3 Å². The molecule has 5 heteroatoms. The first-order chi connectivity index (χ1) is 16.6. The van der Waals surface area contributed by atoms with E-state index in [0.29, 0.717) is 12.8 Å². The zero-order chi connectivity index (χ0) is 25.1. The molecule has 0 aliphatic rings. The molecule has 0 fully saturated rings. The Balaban J connectivity index is 3.60. The molecule has 0 aliphatic heterocycles. The van der Waals surface area contributed by atoms with Gasteiger partial charge in [-0.2, -0.15) is 0 Å². The maximum absolute atomic E-state index is 12.0. The fourth-order valence-electron chi connectivity index (χ4n) is 3.58. The zero-order valence-electron chi connectivity index (χ0n) is 22.1. The molecule has 0 spiro atoms. The predicted octanol–water partition coefficient (Wildman–Crippen LogP) is 7.61. The second kappa shape index (κ2) is 26.0. The number of rotatable bonds is 24. The average Bonchev–Trinajstić information content (AvgIpc) is 2.84. The number of ether oxygens (including phenoxy) is 2. The lowest BCUT2D eigenvalue weighted by Gasteiger charge is -2.15. The van der Waals surface area contributed by atoms with Crippen LogP contribution in [0.25, 0.3) is 0 Å². The minimum atomic E-state index is -0.769. The van der Waals surface area contributed by atoms with Gasteiger partial charge >= 0.3 is 11.9 Å². The summed E-state index contributed by atoms with van der Waals surface area (Å²) in [6.07, 6.45) is 27.0. The number of hydrogen-bond donors (Lipinski definition) is 1. The Morgan fingerprint density at radius 3 is 1.76 bits per heavy atom. The van der Waals surface area contributed by atoms with E-state index in [9.17, 15) is 14.7 Å². The van der Waals surface area contributed by atoms with Gasteiger partial charge in [-0.05, 0) is 44.9 Å². The van der Waals surface area contributed by atoms with Gasteiger partial charge in [0.2, 0.25) is 0 Å². The van der Waals surface area contributed by atoms with E-state index in [4.69, 9.17) is 9.47 Å². The molecular formula is C29H52O5. The van der Waals surface area contributed by atoms with Crippen LogP contribution < -0.4 is 0 Å². The number of hydrogen-bond acceptors (Lipinski definition) is 5. The lowest BCUT2D eigenvalue weighted by molar-refractivity contribution is -0.161. The highest BCUT2D eigenvalue weighted by atomic mass is 16.6. The Morgan fingerprint density at radius 2 is 1.18 bits per heavy atom. The third kappa shape index (κ3) is 23.5. The van der Waals surface area contributed by atoms with Crippen LogP contribution in [0.3, 0.4) is 0 Å². The first kappa shape index (κ1) is 32.4. The standard InChI is InChI=1S/C29H52O5/c1-3-5-7-9-10-11-12-13-14-15-16-17-18-19-20-22-24-29(32)34-27(25-30)26-33-28(31)23-21-8-6-4-2/h11-12,14-15,27,30H,3-10,13,16-26H2,1-2H3/b12-11-,15-14-. The van der Waals surface area contributed by atoms with Gasteiger partial charge < -0.3 is 14.6 Å². The largest absolute Gasteiger partial charge is 0.462 e. The number of unbranched alkanes of at least 4 members (excludes halogenated alkanes) is 12. The van der Waals surface area contributed by atoms with E-state index in [1.54, 1.807) is 0 Å². The topological polar surface area (TPSA) is 72.8 Å². The van der Waals surface area contributed by atoms with Crippen LogP contribution in [-0.2, 0) is 19.1 Å². The SMILES string of the molecule is CCCCCC/C=C\C/C=C\CCCCCCCC(=O)OC(CO)COC(=O)CCCCCC. The number of carbonyl (C=O) groups is 2. The summed E-state index contributed by atoms with van der Waals surface area (Å²) in [5, 5.41) is 9.37. The Bertz CT molecular complexity index is 527. The molecule has 0 saturated heterocycles. The summed E-state index contributed by atoms with van der Waals surface area (Å²) in [4.78, 5) is 23.7. The molecule has 0 aliphatic carbocycles. The van der Waals surface area contributed by atoms with Crippen LogP contribution in [0.5, 0.6) is 0 Å². The van der Waals surface area contributed by atoms with Crippen molar-refractivity contribution in [1.29, 1.82) is 0 Å². The second-order valence-corrected chi connectivity index (χ2v) is 9.12. The van der Waals surface area contributed by atoms with Crippen molar-refractivity contribution in [2.45, 2.75) is 136 Å². The molecule has 5 nitrogen and oxygen atoms in total. The summed E-state index contributed by atoms with van der Waals surface area (Å²) >= 11 is 0. The van der Waals surface area contributed by atoms with Gasteiger partial charge in [-0.3, -0.25) is 9.59 Å². The number of esters is 2. The lowest BCUT2D eigenvalue weighted by Crippen LogP contribution is -2.28. The minimum absolute atomic E-state index is 0.0723. The van der Waals surface area contributed by atoms with Crippen LogP contribution in [0.4, 0.5) is 0 Å². The van der Waals surface area contributed by atoms with Crippen LogP contribution in [0.2, 0.25) is 0 Å². The van der Waals surface area contributed by atoms with Crippen molar-refractivity contribution in [2.75, 3.05) is 13.2 Å². The van der Waals surface area contributed by atoms with Crippen molar-refractivity contribution < 1.29 is 24.2 Å². The first-order valence-corrected chi connectivity index (χ1v) is 13.9. The van der Waals surface area contributed by atoms with E-state index in [2.05, 4.69) is 38.2 Å². The van der Waals surface area contributed by atoms with Gasteiger partial charge in [0.15, 0.2) is 6.10 Å². The van der Waals surface area contributed by atoms with E-state index in [1.807, 2.05) is 0 Å². The molecule has 0 aromatic heterocycles. The van der Waals surface area contributed by atoms with Gasteiger partial charge in [-0.15, -0.1) is 0 Å². The van der Waals surface area contributed by atoms with Crippen LogP contribution >= 0.6 is 0 Å². The summed E-state index contributed by atoms with van der Waals surface area (Å²) in [6.45, 7) is 3.95. The predicted molar refractivity (Wildman–Crippen MR) is 141 cm³/mol. The highest BCUT2D eigenvalue weighted by molar-refractivity contribution is 5.70. The average molecular weight is 481 g/mol. The smallest absolute Gasteiger partial charge is 0.306 e. The molecule has 1 N–H and O–H groups in total. The molecule has 0 heterocycles. The van der Waals surface area contributed by atoms with Crippen molar-refractivity contribution >= 4 is 11.9 Å². The van der Waals surface area contributed by atoms with Crippen molar-refractivity contribution in [2.24, 2.45) is 0 Å². The van der Waals surface area contributed by atoms with Gasteiger partial charge in [-0.1, -0.05) is 95.9 Å². The monoisotopic (exact) mass is 480 g/mol. The summed E-state index contributed by atoms with van der Waals surface area (Å²) in [7, 11) is 0. The molecule has 0 rings (SSSR count). The minimum Gasteiger partial charge on any atom is -0.462 e. The summed E-state index contributed by atoms with van der Waals surface area (Å²) < 4.78 is 10.4. The Morgan fingerprint density at radius 1 is 0.676 bits per heavy atom. The maximum atomic E-state index is 12.0. The molecule has 0 radical (unpaired) electrons. The van der Waals surface area contributed by atoms with Crippen molar-refractivity contribution in [3.8, 4) is 0 Å². The molecular weight excluding hydrogens is 428 g/mol. The van der Waals surface area contributed by atoms with Crippen LogP contribution in [-0.4, -0.2) is 36.4 Å². The zero-order valence-corrected chi connectivity index (χ0v) is 22.1. The molecule has 0 aromatic rings. The van der Waals surface area contributed by atoms with E-state index < -0.39 is 6.10 Å². The lowest BCUT2D eigenvalue weighted by atomic mass is 10.1. The summed E-state index contributed by atoms with van der Waals surface area (Å²) in [5.74, 6) is -0.630. The molecule has 0 aromatic carbocycles. The van der Waals surface area contributed by atoms with E-state index in [0.717, 1.165) is 57.8 Å². The highest BCUT2D eigenvalue weighted by Crippen LogP contribution is 2.10. The third-order valence-corrected chi connectivity index (χ3v) is 5.75. The molecule has 1 atom stereocenters. The van der Waals surface area contributed by atoms with Gasteiger partial charge in [0.05, 0.1) is 6.61 Å². The van der Waals surface area contributed by atoms with Crippen LogP contribution in [0.1, 0.15) is 129 Å². The van der Waals surface area contributed by atoms with Crippen LogP contribution in [0, 0.1) is 0 Å². The molecule has 34 heavy (non-hydrogen) atoms. The number of carbonyl (C=O) groups excluding carboxylic acids is 2. The number of allylic oxidation sites excluding steroid dienone is 4. The summed E-state index contributed by atoms with van der Waals surface area (Å²) in [5.41, 5.74) is 0. The maximum Gasteiger partial charge on any atom is 0.306 e. The third-order valence-electron chi connectivity index (χ3n) is 5.75. The number of aliphatic hydroxyl groups is 1. The van der Waals surface area contributed by atoms with Crippen LogP contribution in [0.15, 0.2) is 24.3 Å². The van der Waals surface area contributed by atoms with E-state index in [-0.39, 0.29) is 25.2 Å². The molecule has 1 unspecified atom stereocenters. The highest BCUT2D eigenvalue weighted by Gasteiger charge is 2.15. The van der Waals surface area contributed by atoms with Gasteiger partial charge in [0.25, 0.3) is 0 Å². The fourth-order valence-corrected chi connectivity index (χ4v) is 3.58. The normalized spacial score (nSPS) is 12.4. The van der Waals surface area contributed by atoms with E-state index in [1.165, 1.54) is 44.9 Å². The Hall–Kier alpha value is -1.62. The Labute approximate surface area is 209 Å². The second-order valence-electron chi connectivity index (χ2n) is 9.12. The van der Waals surface area contributed by atoms with Crippen molar-refractivity contribution in [1.82, 2.24) is 0 Å². The first-order valence-electron chi connectivity index (χ1n) is 13.9. The van der Waals surface area contributed by atoms with E-state index >= 15 is 0 Å². The molecule has 198 valence electrons.